The Morgan fingerprint density at radius 2 is 2.00 bits per heavy atom. The second-order valence-corrected chi connectivity index (χ2v) is 10.8. The van der Waals surface area contributed by atoms with Gasteiger partial charge in [-0.3, -0.25) is 9.11 Å². The Morgan fingerprint density at radius 3 is 2.72 bits per heavy atom. The Balaban J connectivity index is 1.44. The van der Waals surface area contributed by atoms with Crippen LogP contribution in [0.4, 0.5) is 16.3 Å². The van der Waals surface area contributed by atoms with Crippen LogP contribution in [0.2, 0.25) is 0 Å². The third kappa shape index (κ3) is 4.54. The Morgan fingerprint density at radius 1 is 1.22 bits per heavy atom. The molecule has 2 aliphatic heterocycles. The SMILES string of the molecule is CCC1COCCN1c1nc(-c2ccc(NC(=O)NC3CC3)cc2)nc2c1CS(O)(O)C2. The summed E-state index contributed by atoms with van der Waals surface area (Å²) < 4.78 is 26.4. The monoisotopic (exact) mass is 459 g/mol. The zero-order valence-electron chi connectivity index (χ0n) is 18.1. The van der Waals surface area contributed by atoms with Crippen molar-refractivity contribution < 1.29 is 18.6 Å². The minimum atomic E-state index is -2.73. The first-order valence-electron chi connectivity index (χ1n) is 11.1. The Hall–Kier alpha value is -2.40. The molecule has 0 spiro atoms. The van der Waals surface area contributed by atoms with Gasteiger partial charge in [-0.25, -0.2) is 14.8 Å². The Labute approximate surface area is 188 Å². The summed E-state index contributed by atoms with van der Waals surface area (Å²) in [6.45, 7) is 4.07. The van der Waals surface area contributed by atoms with E-state index in [1.807, 2.05) is 24.3 Å². The number of nitrogens with one attached hydrogen (secondary N) is 2. The molecule has 4 N–H and O–H groups in total. The normalized spacial score (nSPS) is 22.8. The summed E-state index contributed by atoms with van der Waals surface area (Å²) in [6, 6.07) is 7.70. The number of nitrogens with zero attached hydrogens (tertiary/aromatic N) is 3. The molecule has 3 aliphatic rings. The summed E-state index contributed by atoms with van der Waals surface area (Å²) in [5.41, 5.74) is 3.05. The average Bonchev–Trinajstić information content (AvgIpc) is 3.52. The first-order chi connectivity index (χ1) is 15.4. The molecular weight excluding hydrogens is 430 g/mol. The van der Waals surface area contributed by atoms with Gasteiger partial charge in [-0.15, -0.1) is 0 Å². The van der Waals surface area contributed by atoms with Crippen LogP contribution in [0.1, 0.15) is 37.4 Å². The van der Waals surface area contributed by atoms with Crippen LogP contribution in [0.5, 0.6) is 0 Å². The zero-order chi connectivity index (χ0) is 22.3. The highest BCUT2D eigenvalue weighted by Gasteiger charge is 2.34. The largest absolute Gasteiger partial charge is 0.377 e. The van der Waals surface area contributed by atoms with Gasteiger partial charge >= 0.3 is 6.03 Å². The molecule has 10 heteroatoms. The molecular formula is C22H29N5O4S. The molecule has 2 fully saturated rings. The van der Waals surface area contributed by atoms with Crippen molar-refractivity contribution in [2.24, 2.45) is 0 Å². The quantitative estimate of drug-likeness (QED) is 0.537. The van der Waals surface area contributed by atoms with Crippen LogP contribution in [0.25, 0.3) is 11.4 Å². The van der Waals surface area contributed by atoms with Crippen molar-refractivity contribution in [2.45, 2.75) is 49.8 Å². The van der Waals surface area contributed by atoms with E-state index in [2.05, 4.69) is 22.5 Å². The van der Waals surface area contributed by atoms with Crippen molar-refractivity contribution in [3.05, 3.63) is 35.5 Å². The molecule has 1 aliphatic carbocycles. The van der Waals surface area contributed by atoms with E-state index < -0.39 is 10.6 Å². The summed E-state index contributed by atoms with van der Waals surface area (Å²) in [5, 5.41) is 5.75. The molecule has 1 atom stereocenters. The van der Waals surface area contributed by atoms with Crippen molar-refractivity contribution in [2.75, 3.05) is 30.0 Å². The van der Waals surface area contributed by atoms with Crippen molar-refractivity contribution in [3.8, 4) is 11.4 Å². The van der Waals surface area contributed by atoms with Crippen LogP contribution < -0.4 is 15.5 Å². The molecule has 9 nitrogen and oxygen atoms in total. The average molecular weight is 460 g/mol. The van der Waals surface area contributed by atoms with E-state index in [0.717, 1.165) is 36.2 Å². The lowest BCUT2D eigenvalue weighted by molar-refractivity contribution is 0.0925. The molecule has 32 heavy (non-hydrogen) atoms. The summed E-state index contributed by atoms with van der Waals surface area (Å²) in [5.74, 6) is 1.69. The molecule has 0 bridgehead atoms. The standard InChI is InChI=1S/C22H29N5O4S/c1-2-17-11-31-10-9-27(17)21-18-12-32(29,30)13-19(18)25-20(26-21)14-3-5-15(6-4-14)23-22(28)24-16-7-8-16/h3-6,16-17,29-30H,2,7-13H2,1H3,(H2,23,24,28). The van der Waals surface area contributed by atoms with Gasteiger partial charge in [-0.2, -0.15) is 10.6 Å². The fraction of sp³-hybridized carbons (Fsp3) is 0.500. The smallest absolute Gasteiger partial charge is 0.319 e. The second-order valence-electron chi connectivity index (χ2n) is 8.67. The van der Waals surface area contributed by atoms with E-state index in [-0.39, 0.29) is 23.6 Å². The zero-order valence-corrected chi connectivity index (χ0v) is 18.9. The number of carbonyl (C=O) groups is 1. The number of morpholine rings is 1. The number of hydrogen-bond donors (Lipinski definition) is 4. The van der Waals surface area contributed by atoms with Gasteiger partial charge in [-0.05, 0) is 43.5 Å². The van der Waals surface area contributed by atoms with E-state index in [4.69, 9.17) is 14.7 Å². The fourth-order valence-electron chi connectivity index (χ4n) is 4.21. The van der Waals surface area contributed by atoms with E-state index in [0.29, 0.717) is 43.0 Å². The minimum Gasteiger partial charge on any atom is -0.377 e. The van der Waals surface area contributed by atoms with E-state index >= 15 is 0 Å². The predicted octanol–water partition coefficient (Wildman–Crippen LogP) is 3.81. The second kappa shape index (κ2) is 8.51. The highest BCUT2D eigenvalue weighted by molar-refractivity contribution is 8.23. The van der Waals surface area contributed by atoms with Gasteiger partial charge in [0.05, 0.1) is 36.5 Å². The fourth-order valence-corrected chi connectivity index (χ4v) is 5.74. The maximum absolute atomic E-state index is 12.0. The van der Waals surface area contributed by atoms with Gasteiger partial charge in [0.15, 0.2) is 5.82 Å². The molecule has 5 rings (SSSR count). The molecule has 2 aromatic rings. The highest BCUT2D eigenvalue weighted by Crippen LogP contribution is 2.54. The number of amides is 2. The van der Waals surface area contributed by atoms with Crippen molar-refractivity contribution in [1.82, 2.24) is 15.3 Å². The third-order valence-electron chi connectivity index (χ3n) is 6.10. The lowest BCUT2D eigenvalue weighted by Crippen LogP contribution is -2.46. The number of urea groups is 1. The molecule has 3 heterocycles. The number of anilines is 2. The lowest BCUT2D eigenvalue weighted by Gasteiger charge is -2.37. The first-order valence-corrected chi connectivity index (χ1v) is 13.0. The molecule has 1 aromatic heterocycles. The lowest BCUT2D eigenvalue weighted by atomic mass is 10.1. The van der Waals surface area contributed by atoms with Gasteiger partial charge in [0.1, 0.15) is 5.82 Å². The van der Waals surface area contributed by atoms with E-state index in [1.54, 1.807) is 0 Å². The van der Waals surface area contributed by atoms with Crippen molar-refractivity contribution in [3.63, 3.8) is 0 Å². The van der Waals surface area contributed by atoms with Crippen LogP contribution in [-0.2, 0) is 16.2 Å². The number of carbonyl (C=O) groups excluding carboxylic acids is 1. The van der Waals surface area contributed by atoms with Crippen LogP contribution in [0.15, 0.2) is 24.3 Å². The Kier molecular flexibility index (Phi) is 5.70. The van der Waals surface area contributed by atoms with Crippen molar-refractivity contribution in [1.29, 1.82) is 0 Å². The number of ether oxygens (including phenoxy) is 1. The summed E-state index contributed by atoms with van der Waals surface area (Å²) in [7, 11) is -2.73. The molecule has 1 unspecified atom stereocenters. The van der Waals surface area contributed by atoms with Gasteiger partial charge in [0.2, 0.25) is 0 Å². The number of benzene rings is 1. The molecule has 1 aromatic carbocycles. The molecule has 172 valence electrons. The highest BCUT2D eigenvalue weighted by atomic mass is 32.3. The van der Waals surface area contributed by atoms with E-state index in [1.165, 1.54) is 0 Å². The van der Waals surface area contributed by atoms with Gasteiger partial charge in [0, 0.05) is 29.4 Å². The summed E-state index contributed by atoms with van der Waals surface area (Å²) in [6.07, 6.45) is 2.99. The van der Waals surface area contributed by atoms with Gasteiger partial charge < -0.3 is 20.3 Å². The van der Waals surface area contributed by atoms with Crippen molar-refractivity contribution >= 4 is 28.1 Å². The maximum atomic E-state index is 12.0. The molecule has 2 amide bonds. The van der Waals surface area contributed by atoms with E-state index in [9.17, 15) is 13.9 Å². The number of hydrogen-bond acceptors (Lipinski definition) is 7. The first kappa shape index (κ1) is 21.4. The number of aromatic nitrogens is 2. The topological polar surface area (TPSA) is 120 Å². The van der Waals surface area contributed by atoms with Crippen LogP contribution in [0.3, 0.4) is 0 Å². The minimum absolute atomic E-state index is 0.160. The summed E-state index contributed by atoms with van der Waals surface area (Å²) >= 11 is 0. The van der Waals surface area contributed by atoms with Gasteiger partial charge in [0.25, 0.3) is 0 Å². The molecule has 1 saturated carbocycles. The van der Waals surface area contributed by atoms with Gasteiger partial charge in [-0.1, -0.05) is 6.92 Å². The third-order valence-corrected chi connectivity index (χ3v) is 7.59. The van der Waals surface area contributed by atoms with Crippen LogP contribution in [0, 0.1) is 0 Å². The van der Waals surface area contributed by atoms with Crippen LogP contribution >= 0.6 is 10.6 Å². The number of fused-ring (bicyclic) bond motifs is 1. The summed E-state index contributed by atoms with van der Waals surface area (Å²) in [4.78, 5) is 23.8. The molecule has 0 radical (unpaired) electrons. The Bertz CT molecular complexity index is 1010. The van der Waals surface area contributed by atoms with Crippen LogP contribution in [-0.4, -0.2) is 56.9 Å². The maximum Gasteiger partial charge on any atom is 0.319 e. The molecule has 1 saturated heterocycles. The predicted molar refractivity (Wildman–Crippen MR) is 125 cm³/mol. The number of rotatable bonds is 5.